The molecule has 1 aromatic heterocycles. The molecule has 1 atom stereocenters. The first kappa shape index (κ1) is 22.0. The van der Waals surface area contributed by atoms with E-state index in [9.17, 15) is 4.39 Å². The molecule has 170 valence electrons. The topological polar surface area (TPSA) is 64.7 Å². The summed E-state index contributed by atoms with van der Waals surface area (Å²) in [4.78, 5) is 10.4. The van der Waals surface area contributed by atoms with Crippen molar-refractivity contribution in [1.82, 2.24) is 15.6 Å². The van der Waals surface area contributed by atoms with Crippen LogP contribution in [0.5, 0.6) is 5.75 Å². The second-order valence-corrected chi connectivity index (χ2v) is 8.17. The fourth-order valence-electron chi connectivity index (χ4n) is 4.33. The van der Waals surface area contributed by atoms with Gasteiger partial charge in [0.05, 0.1) is 12.8 Å². The zero-order chi connectivity index (χ0) is 22.3. The van der Waals surface area contributed by atoms with Crippen molar-refractivity contribution in [3.05, 3.63) is 60.0 Å². The summed E-state index contributed by atoms with van der Waals surface area (Å²) < 4.78 is 19.1. The maximum absolute atomic E-state index is 13.6. The summed E-state index contributed by atoms with van der Waals surface area (Å²) in [5, 5.41) is 7.69. The number of H-pyrrole nitrogens is 1. The normalized spacial score (nSPS) is 16.5. The van der Waals surface area contributed by atoms with Crippen LogP contribution >= 0.6 is 0 Å². The number of aliphatic imine (C=N–C) groups is 1. The van der Waals surface area contributed by atoms with E-state index in [0.717, 1.165) is 79.4 Å². The third-order valence-electron chi connectivity index (χ3n) is 5.98. The Morgan fingerprint density at radius 1 is 1.25 bits per heavy atom. The number of guanidine groups is 1. The van der Waals surface area contributed by atoms with Crippen molar-refractivity contribution >= 4 is 22.5 Å². The fraction of sp³-hybridized carbons (Fsp3) is 0.400. The number of para-hydroxylation sites is 2. The van der Waals surface area contributed by atoms with Crippen LogP contribution in [0.25, 0.3) is 10.9 Å². The smallest absolute Gasteiger partial charge is 0.191 e. The molecule has 3 N–H and O–H groups in total. The van der Waals surface area contributed by atoms with E-state index in [1.807, 2.05) is 18.3 Å². The quantitative estimate of drug-likeness (QED) is 0.369. The van der Waals surface area contributed by atoms with Crippen molar-refractivity contribution in [2.75, 3.05) is 44.7 Å². The first-order valence-electron chi connectivity index (χ1n) is 11.3. The van der Waals surface area contributed by atoms with Crippen molar-refractivity contribution < 1.29 is 9.13 Å². The second-order valence-electron chi connectivity index (χ2n) is 8.17. The molecule has 3 aromatic rings. The Balaban J connectivity index is 1.31. The van der Waals surface area contributed by atoms with Gasteiger partial charge >= 0.3 is 0 Å². The Labute approximate surface area is 188 Å². The zero-order valence-corrected chi connectivity index (χ0v) is 18.8. The number of halogens is 1. The van der Waals surface area contributed by atoms with Gasteiger partial charge in [-0.15, -0.1) is 0 Å². The van der Waals surface area contributed by atoms with Gasteiger partial charge in [0.25, 0.3) is 0 Å². The van der Waals surface area contributed by atoms with E-state index in [1.54, 1.807) is 19.2 Å². The van der Waals surface area contributed by atoms with Crippen molar-refractivity contribution in [3.8, 4) is 5.75 Å². The summed E-state index contributed by atoms with van der Waals surface area (Å²) in [7, 11) is 1.72. The molecule has 1 aliphatic heterocycles. The SMILES string of the molecule is CCNC(=NCC1CCN(c2ccccc2OC)C1)NCCc1c[nH]c2ccc(F)cc12. The first-order chi connectivity index (χ1) is 15.7. The molecule has 7 heteroatoms. The molecule has 0 spiro atoms. The Bertz CT molecular complexity index is 1060. The summed E-state index contributed by atoms with van der Waals surface area (Å²) in [6, 6.07) is 13.0. The molecule has 4 rings (SSSR count). The van der Waals surface area contributed by atoms with Gasteiger partial charge in [0.2, 0.25) is 0 Å². The number of nitrogens with zero attached hydrogens (tertiary/aromatic N) is 2. The van der Waals surface area contributed by atoms with Gasteiger partial charge in [0.15, 0.2) is 5.96 Å². The molecule has 2 heterocycles. The highest BCUT2D eigenvalue weighted by Crippen LogP contribution is 2.32. The minimum absolute atomic E-state index is 0.208. The van der Waals surface area contributed by atoms with Crippen LogP contribution in [0.1, 0.15) is 18.9 Å². The van der Waals surface area contributed by atoms with Crippen LogP contribution in [0.2, 0.25) is 0 Å². The van der Waals surface area contributed by atoms with Crippen LogP contribution in [0.15, 0.2) is 53.7 Å². The number of benzene rings is 2. The van der Waals surface area contributed by atoms with Crippen molar-refractivity contribution in [3.63, 3.8) is 0 Å². The Morgan fingerprint density at radius 2 is 2.12 bits per heavy atom. The molecule has 1 unspecified atom stereocenters. The highest BCUT2D eigenvalue weighted by Gasteiger charge is 2.24. The number of methoxy groups -OCH3 is 1. The van der Waals surface area contributed by atoms with Gasteiger partial charge in [-0.25, -0.2) is 4.39 Å². The molecule has 6 nitrogen and oxygen atoms in total. The number of ether oxygens (including phenoxy) is 1. The van der Waals surface area contributed by atoms with E-state index in [-0.39, 0.29) is 5.82 Å². The molecule has 1 fully saturated rings. The third kappa shape index (κ3) is 5.15. The van der Waals surface area contributed by atoms with E-state index in [2.05, 4.69) is 39.6 Å². The number of aromatic nitrogens is 1. The van der Waals surface area contributed by atoms with E-state index < -0.39 is 0 Å². The zero-order valence-electron chi connectivity index (χ0n) is 18.8. The van der Waals surface area contributed by atoms with Gasteiger partial charge in [-0.3, -0.25) is 4.99 Å². The molecule has 0 radical (unpaired) electrons. The summed E-state index contributed by atoms with van der Waals surface area (Å²) in [6.07, 6.45) is 3.86. The van der Waals surface area contributed by atoms with Crippen LogP contribution in [0.3, 0.4) is 0 Å². The molecule has 32 heavy (non-hydrogen) atoms. The van der Waals surface area contributed by atoms with E-state index in [1.165, 1.54) is 6.07 Å². The van der Waals surface area contributed by atoms with E-state index in [0.29, 0.717) is 5.92 Å². The average Bonchev–Trinajstić information content (AvgIpc) is 3.44. The van der Waals surface area contributed by atoms with Gasteiger partial charge in [-0.05, 0) is 61.6 Å². The third-order valence-corrected chi connectivity index (χ3v) is 5.98. The minimum atomic E-state index is -0.208. The molecule has 2 aromatic carbocycles. The first-order valence-corrected chi connectivity index (χ1v) is 11.3. The number of aromatic amines is 1. The van der Waals surface area contributed by atoms with Crippen LogP contribution < -0.4 is 20.3 Å². The second kappa shape index (κ2) is 10.4. The lowest BCUT2D eigenvalue weighted by Gasteiger charge is -2.21. The lowest BCUT2D eigenvalue weighted by Crippen LogP contribution is -2.38. The molecule has 0 aliphatic carbocycles. The summed E-state index contributed by atoms with van der Waals surface area (Å²) in [5.41, 5.74) is 3.22. The number of nitrogens with one attached hydrogen (secondary N) is 3. The predicted octanol–water partition coefficient (Wildman–Crippen LogP) is 3.94. The molecule has 0 amide bonds. The van der Waals surface area contributed by atoms with Crippen LogP contribution in [-0.2, 0) is 6.42 Å². The monoisotopic (exact) mass is 437 g/mol. The van der Waals surface area contributed by atoms with E-state index >= 15 is 0 Å². The number of fused-ring (bicyclic) bond motifs is 1. The largest absolute Gasteiger partial charge is 0.495 e. The highest BCUT2D eigenvalue weighted by atomic mass is 19.1. The van der Waals surface area contributed by atoms with Crippen LogP contribution in [0.4, 0.5) is 10.1 Å². The molecular weight excluding hydrogens is 405 g/mol. The molecule has 0 saturated carbocycles. The van der Waals surface area contributed by atoms with Gasteiger partial charge in [-0.2, -0.15) is 0 Å². The van der Waals surface area contributed by atoms with Gasteiger partial charge in [-0.1, -0.05) is 12.1 Å². The number of hydrogen-bond donors (Lipinski definition) is 3. The Hall–Kier alpha value is -3.22. The summed E-state index contributed by atoms with van der Waals surface area (Å²) in [5.74, 6) is 2.05. The Morgan fingerprint density at radius 3 is 2.97 bits per heavy atom. The van der Waals surface area contributed by atoms with Crippen molar-refractivity contribution in [2.24, 2.45) is 10.9 Å². The van der Waals surface area contributed by atoms with Gasteiger partial charge in [0, 0.05) is 49.8 Å². The summed E-state index contributed by atoms with van der Waals surface area (Å²) in [6.45, 7) is 6.37. The number of rotatable bonds is 8. The van der Waals surface area contributed by atoms with Crippen molar-refractivity contribution in [2.45, 2.75) is 19.8 Å². The number of hydrogen-bond acceptors (Lipinski definition) is 3. The number of anilines is 1. The fourth-order valence-corrected chi connectivity index (χ4v) is 4.33. The van der Waals surface area contributed by atoms with Gasteiger partial charge < -0.3 is 25.3 Å². The highest BCUT2D eigenvalue weighted by molar-refractivity contribution is 5.83. The molecule has 0 bridgehead atoms. The predicted molar refractivity (Wildman–Crippen MR) is 129 cm³/mol. The minimum Gasteiger partial charge on any atom is -0.495 e. The Kier molecular flexibility index (Phi) is 7.14. The van der Waals surface area contributed by atoms with Crippen LogP contribution in [-0.4, -0.2) is 50.8 Å². The lowest BCUT2D eigenvalue weighted by molar-refractivity contribution is 0.414. The lowest BCUT2D eigenvalue weighted by atomic mass is 10.1. The van der Waals surface area contributed by atoms with E-state index in [4.69, 9.17) is 9.73 Å². The maximum Gasteiger partial charge on any atom is 0.191 e. The molecular formula is C25H32FN5O. The molecule has 1 saturated heterocycles. The summed E-state index contributed by atoms with van der Waals surface area (Å²) >= 11 is 0. The maximum atomic E-state index is 13.6. The van der Waals surface area contributed by atoms with Gasteiger partial charge in [0.1, 0.15) is 11.6 Å². The van der Waals surface area contributed by atoms with Crippen molar-refractivity contribution in [1.29, 1.82) is 0 Å². The molecule has 1 aliphatic rings. The standard InChI is InChI=1S/C25H32FN5O/c1-3-27-25(28-12-10-19-16-29-22-9-8-20(26)14-21(19)22)30-15-18-11-13-31(17-18)23-6-4-5-7-24(23)32-2/h4-9,14,16,18,29H,3,10-13,15,17H2,1-2H3,(H2,27,28,30). The van der Waals surface area contributed by atoms with Crippen LogP contribution in [0, 0.1) is 11.7 Å². The average molecular weight is 438 g/mol.